The third-order valence-electron chi connectivity index (χ3n) is 4.18. The van der Waals surface area contributed by atoms with E-state index in [0.29, 0.717) is 13.2 Å². The Labute approximate surface area is 131 Å². The van der Waals surface area contributed by atoms with Crippen molar-refractivity contribution >= 4 is 6.09 Å². The summed E-state index contributed by atoms with van der Waals surface area (Å²) >= 11 is 0. The van der Waals surface area contributed by atoms with Crippen LogP contribution in [-0.4, -0.2) is 24.1 Å². The molecule has 0 bridgehead atoms. The Hall–Kier alpha value is -2.29. The summed E-state index contributed by atoms with van der Waals surface area (Å²) in [6.07, 6.45) is 0.639. The smallest absolute Gasteiger partial charge is 0.410 e. The number of rotatable bonds is 2. The zero-order valence-corrected chi connectivity index (χ0v) is 13.1. The van der Waals surface area contributed by atoms with Crippen LogP contribution in [-0.2, 0) is 11.2 Å². The van der Waals surface area contributed by atoms with Gasteiger partial charge in [0.15, 0.2) is 0 Å². The quantitative estimate of drug-likeness (QED) is 0.835. The molecular formula is C19H21NO2. The third kappa shape index (κ3) is 2.71. The van der Waals surface area contributed by atoms with Crippen LogP contribution < -0.4 is 0 Å². The number of carbonyl (C=O) groups excluding carboxylic acids is 1. The highest BCUT2D eigenvalue weighted by molar-refractivity contribution is 5.70. The lowest BCUT2D eigenvalue weighted by Gasteiger charge is -2.37. The molecule has 0 aromatic heterocycles. The van der Waals surface area contributed by atoms with E-state index in [1.807, 2.05) is 17.9 Å². The molecule has 1 heterocycles. The number of benzene rings is 2. The van der Waals surface area contributed by atoms with Gasteiger partial charge in [0.05, 0.1) is 12.6 Å². The summed E-state index contributed by atoms with van der Waals surface area (Å²) in [6, 6.07) is 16.7. The molecule has 3 rings (SSSR count). The Kier molecular flexibility index (Phi) is 4.14. The monoisotopic (exact) mass is 295 g/mol. The summed E-state index contributed by atoms with van der Waals surface area (Å²) in [5.74, 6) is 0. The summed E-state index contributed by atoms with van der Waals surface area (Å²) in [4.78, 5) is 14.2. The Balaban J connectivity index is 2.05. The zero-order valence-electron chi connectivity index (χ0n) is 13.1. The molecule has 2 aromatic carbocycles. The van der Waals surface area contributed by atoms with Gasteiger partial charge in [-0.25, -0.2) is 4.79 Å². The third-order valence-corrected chi connectivity index (χ3v) is 4.18. The molecular weight excluding hydrogens is 274 g/mol. The summed E-state index contributed by atoms with van der Waals surface area (Å²) in [5.41, 5.74) is 4.86. The van der Waals surface area contributed by atoms with Crippen LogP contribution >= 0.6 is 0 Å². The van der Waals surface area contributed by atoms with Crippen LogP contribution in [0.4, 0.5) is 4.79 Å². The lowest BCUT2D eigenvalue weighted by Crippen LogP contribution is -2.40. The molecule has 0 saturated carbocycles. The molecule has 22 heavy (non-hydrogen) atoms. The largest absolute Gasteiger partial charge is 0.450 e. The van der Waals surface area contributed by atoms with Gasteiger partial charge in [-0.05, 0) is 37.0 Å². The number of aryl methyl sites for hydroxylation is 1. The summed E-state index contributed by atoms with van der Waals surface area (Å²) in [7, 11) is 0. The number of hydrogen-bond acceptors (Lipinski definition) is 2. The fourth-order valence-corrected chi connectivity index (χ4v) is 3.08. The van der Waals surface area contributed by atoms with Crippen LogP contribution in [0.15, 0.2) is 48.5 Å². The van der Waals surface area contributed by atoms with Crippen molar-refractivity contribution in [1.82, 2.24) is 4.90 Å². The van der Waals surface area contributed by atoms with E-state index in [9.17, 15) is 4.79 Å². The van der Waals surface area contributed by atoms with Crippen molar-refractivity contribution in [3.05, 3.63) is 70.8 Å². The van der Waals surface area contributed by atoms with E-state index in [1.165, 1.54) is 16.7 Å². The summed E-state index contributed by atoms with van der Waals surface area (Å²) in [5, 5.41) is 0. The van der Waals surface area contributed by atoms with Crippen molar-refractivity contribution in [2.75, 3.05) is 13.2 Å². The SMILES string of the molecule is CCOC(=O)N1CCc2ccccc2C1c1ccc(C)cc1. The Bertz CT molecular complexity index is 663. The maximum absolute atomic E-state index is 12.4. The number of carbonyl (C=O) groups is 1. The molecule has 1 atom stereocenters. The molecule has 0 radical (unpaired) electrons. The predicted molar refractivity (Wildman–Crippen MR) is 86.9 cm³/mol. The van der Waals surface area contributed by atoms with E-state index in [1.54, 1.807) is 0 Å². The van der Waals surface area contributed by atoms with Gasteiger partial charge in [0.1, 0.15) is 0 Å². The van der Waals surface area contributed by atoms with E-state index in [4.69, 9.17) is 4.74 Å². The van der Waals surface area contributed by atoms with E-state index in [2.05, 4.69) is 49.4 Å². The molecule has 3 nitrogen and oxygen atoms in total. The van der Waals surface area contributed by atoms with Gasteiger partial charge >= 0.3 is 6.09 Å². The van der Waals surface area contributed by atoms with Gasteiger partial charge in [-0.15, -0.1) is 0 Å². The fraction of sp³-hybridized carbons (Fsp3) is 0.316. The molecule has 0 fully saturated rings. The average Bonchev–Trinajstić information content (AvgIpc) is 2.55. The lowest BCUT2D eigenvalue weighted by atomic mass is 9.88. The van der Waals surface area contributed by atoms with Crippen LogP contribution in [0.25, 0.3) is 0 Å². The zero-order chi connectivity index (χ0) is 15.5. The first-order valence-electron chi connectivity index (χ1n) is 7.78. The van der Waals surface area contributed by atoms with E-state index >= 15 is 0 Å². The first-order valence-corrected chi connectivity index (χ1v) is 7.78. The Morgan fingerprint density at radius 1 is 1.18 bits per heavy atom. The predicted octanol–water partition coefficient (Wildman–Crippen LogP) is 4.10. The maximum atomic E-state index is 12.4. The van der Waals surface area contributed by atoms with Crippen LogP contribution in [0.1, 0.15) is 35.2 Å². The van der Waals surface area contributed by atoms with Gasteiger partial charge in [-0.1, -0.05) is 54.1 Å². The molecule has 1 aliphatic heterocycles. The normalized spacial score (nSPS) is 17.0. The van der Waals surface area contributed by atoms with Crippen LogP contribution in [0.3, 0.4) is 0 Å². The minimum Gasteiger partial charge on any atom is -0.450 e. The topological polar surface area (TPSA) is 29.5 Å². The number of fused-ring (bicyclic) bond motifs is 1. The molecule has 0 saturated heterocycles. The number of ether oxygens (including phenoxy) is 1. The van der Waals surface area contributed by atoms with Gasteiger partial charge in [0, 0.05) is 6.54 Å². The fourth-order valence-electron chi connectivity index (χ4n) is 3.08. The van der Waals surface area contributed by atoms with Gasteiger partial charge in [-0.3, -0.25) is 4.90 Å². The van der Waals surface area contributed by atoms with Gasteiger partial charge < -0.3 is 4.74 Å². The Morgan fingerprint density at radius 2 is 1.91 bits per heavy atom. The van der Waals surface area contributed by atoms with Crippen LogP contribution in [0, 0.1) is 6.92 Å². The highest BCUT2D eigenvalue weighted by Gasteiger charge is 2.32. The minimum atomic E-state index is -0.234. The number of nitrogens with zero attached hydrogens (tertiary/aromatic N) is 1. The highest BCUT2D eigenvalue weighted by Crippen LogP contribution is 2.35. The molecule has 2 aromatic rings. The van der Waals surface area contributed by atoms with Crippen molar-refractivity contribution in [2.45, 2.75) is 26.3 Å². The first kappa shape index (κ1) is 14.6. The molecule has 1 unspecified atom stereocenters. The van der Waals surface area contributed by atoms with Crippen molar-refractivity contribution in [1.29, 1.82) is 0 Å². The molecule has 0 N–H and O–H groups in total. The highest BCUT2D eigenvalue weighted by atomic mass is 16.6. The average molecular weight is 295 g/mol. The van der Waals surface area contributed by atoms with E-state index < -0.39 is 0 Å². The van der Waals surface area contributed by atoms with Crippen molar-refractivity contribution in [3.63, 3.8) is 0 Å². The minimum absolute atomic E-state index is 0.0652. The second-order valence-electron chi connectivity index (χ2n) is 5.65. The molecule has 114 valence electrons. The molecule has 1 amide bonds. The standard InChI is InChI=1S/C19H21NO2/c1-3-22-19(21)20-13-12-15-6-4-5-7-17(15)18(20)16-10-8-14(2)9-11-16/h4-11,18H,3,12-13H2,1-2H3. The molecule has 0 spiro atoms. The lowest BCUT2D eigenvalue weighted by molar-refractivity contribution is 0.0937. The first-order chi connectivity index (χ1) is 10.7. The summed E-state index contributed by atoms with van der Waals surface area (Å²) < 4.78 is 5.26. The van der Waals surface area contributed by atoms with Gasteiger partial charge in [-0.2, -0.15) is 0 Å². The van der Waals surface area contributed by atoms with Crippen LogP contribution in [0.2, 0.25) is 0 Å². The van der Waals surface area contributed by atoms with Gasteiger partial charge in [0.25, 0.3) is 0 Å². The molecule has 3 heteroatoms. The van der Waals surface area contributed by atoms with Crippen molar-refractivity contribution < 1.29 is 9.53 Å². The molecule has 0 aliphatic carbocycles. The molecule has 1 aliphatic rings. The van der Waals surface area contributed by atoms with Crippen molar-refractivity contribution in [3.8, 4) is 0 Å². The van der Waals surface area contributed by atoms with E-state index in [-0.39, 0.29) is 12.1 Å². The number of amides is 1. The summed E-state index contributed by atoms with van der Waals surface area (Å²) in [6.45, 7) is 5.00. The number of hydrogen-bond donors (Lipinski definition) is 0. The van der Waals surface area contributed by atoms with Crippen LogP contribution in [0.5, 0.6) is 0 Å². The second kappa shape index (κ2) is 6.22. The Morgan fingerprint density at radius 3 is 2.64 bits per heavy atom. The van der Waals surface area contributed by atoms with Crippen molar-refractivity contribution in [2.24, 2.45) is 0 Å². The second-order valence-corrected chi connectivity index (χ2v) is 5.65. The van der Waals surface area contributed by atoms with E-state index in [0.717, 1.165) is 12.0 Å². The van der Waals surface area contributed by atoms with Gasteiger partial charge in [0.2, 0.25) is 0 Å². The maximum Gasteiger partial charge on any atom is 0.410 e.